The molecule has 3 N–H and O–H groups in total. The lowest BCUT2D eigenvalue weighted by Crippen LogP contribution is -2.30. The fourth-order valence-electron chi connectivity index (χ4n) is 1.61. The monoisotopic (exact) mass is 286 g/mol. The second kappa shape index (κ2) is 5.92. The number of carbonyl (C=O) groups is 1. The smallest absolute Gasteiger partial charge is 0.337 e. The summed E-state index contributed by atoms with van der Waals surface area (Å²) >= 11 is 0. The number of carboxylic acids is 1. The summed E-state index contributed by atoms with van der Waals surface area (Å²) in [5, 5.41) is 9.10. The van der Waals surface area contributed by atoms with Crippen molar-refractivity contribution in [1.82, 2.24) is 0 Å². The van der Waals surface area contributed by atoms with Crippen LogP contribution in [0, 0.1) is 0 Å². The number of carboxylic acid groups (broad SMARTS) is 1. The van der Waals surface area contributed by atoms with Crippen molar-refractivity contribution >= 4 is 27.4 Å². The summed E-state index contributed by atoms with van der Waals surface area (Å²) in [6.07, 6.45) is 1.28. The van der Waals surface area contributed by atoms with Crippen LogP contribution in [-0.4, -0.2) is 32.3 Å². The van der Waals surface area contributed by atoms with Crippen LogP contribution in [0.4, 0.5) is 11.4 Å². The molecule has 0 aromatic heterocycles. The zero-order chi connectivity index (χ0) is 14.6. The molecule has 0 atom stereocenters. The Hall–Kier alpha value is -1.76. The summed E-state index contributed by atoms with van der Waals surface area (Å²) in [6, 6.07) is 4.14. The molecule has 1 aromatic rings. The lowest BCUT2D eigenvalue weighted by molar-refractivity contribution is 0.0698. The van der Waals surface area contributed by atoms with Crippen molar-refractivity contribution in [2.24, 2.45) is 0 Å². The van der Waals surface area contributed by atoms with Gasteiger partial charge >= 0.3 is 5.97 Å². The van der Waals surface area contributed by atoms with Gasteiger partial charge in [0, 0.05) is 12.7 Å². The molecule has 0 heterocycles. The number of sulfonamides is 1. The molecular formula is C12H18N2O4S. The van der Waals surface area contributed by atoms with E-state index in [0.29, 0.717) is 6.42 Å². The molecule has 0 saturated carbocycles. The Morgan fingerprint density at radius 1 is 1.42 bits per heavy atom. The zero-order valence-electron chi connectivity index (χ0n) is 11.0. The van der Waals surface area contributed by atoms with Gasteiger partial charge in [-0.05, 0) is 24.6 Å². The molecule has 1 rings (SSSR count). The molecule has 0 amide bonds. The SMILES string of the molecule is CCCCS(=O)(=O)N(C)c1ccc(N)cc1C(=O)O. The normalized spacial score (nSPS) is 11.3. The lowest BCUT2D eigenvalue weighted by Gasteiger charge is -2.21. The molecule has 0 aliphatic carbocycles. The van der Waals surface area contributed by atoms with Gasteiger partial charge in [0.25, 0.3) is 0 Å². The van der Waals surface area contributed by atoms with Crippen molar-refractivity contribution in [3.8, 4) is 0 Å². The van der Waals surface area contributed by atoms with Gasteiger partial charge in [-0.1, -0.05) is 13.3 Å². The van der Waals surface area contributed by atoms with E-state index in [1.165, 1.54) is 25.2 Å². The van der Waals surface area contributed by atoms with Crippen LogP contribution in [0.2, 0.25) is 0 Å². The van der Waals surface area contributed by atoms with Crippen LogP contribution in [0.3, 0.4) is 0 Å². The van der Waals surface area contributed by atoms with E-state index in [9.17, 15) is 13.2 Å². The number of unbranched alkanes of at least 4 members (excludes halogenated alkanes) is 1. The molecule has 6 nitrogen and oxygen atoms in total. The molecule has 0 unspecified atom stereocenters. The molecule has 0 spiro atoms. The molecule has 0 aliphatic rings. The number of anilines is 2. The van der Waals surface area contributed by atoms with Gasteiger partial charge in [-0.15, -0.1) is 0 Å². The Morgan fingerprint density at radius 2 is 2.05 bits per heavy atom. The minimum Gasteiger partial charge on any atom is -0.478 e. The maximum absolute atomic E-state index is 12.1. The van der Waals surface area contributed by atoms with Gasteiger partial charge in [0.15, 0.2) is 0 Å². The third kappa shape index (κ3) is 3.60. The van der Waals surface area contributed by atoms with Gasteiger partial charge in [-0.2, -0.15) is 0 Å². The Kier molecular flexibility index (Phi) is 4.77. The van der Waals surface area contributed by atoms with Crippen LogP contribution < -0.4 is 10.0 Å². The van der Waals surface area contributed by atoms with Crippen LogP contribution >= 0.6 is 0 Å². The topological polar surface area (TPSA) is 101 Å². The van der Waals surface area contributed by atoms with E-state index in [2.05, 4.69) is 0 Å². The number of rotatable bonds is 6. The van der Waals surface area contributed by atoms with Crippen LogP contribution in [0.25, 0.3) is 0 Å². The summed E-state index contributed by atoms with van der Waals surface area (Å²) in [5.74, 6) is -1.22. The molecule has 0 aliphatic heterocycles. The molecular weight excluding hydrogens is 268 g/mol. The van der Waals surface area contributed by atoms with E-state index < -0.39 is 16.0 Å². The third-order valence-electron chi connectivity index (χ3n) is 2.76. The number of aromatic carboxylic acids is 1. The highest BCUT2D eigenvalue weighted by Crippen LogP contribution is 2.25. The highest BCUT2D eigenvalue weighted by Gasteiger charge is 2.22. The Morgan fingerprint density at radius 3 is 2.58 bits per heavy atom. The first kappa shape index (κ1) is 15.3. The Balaban J connectivity index is 3.19. The highest BCUT2D eigenvalue weighted by molar-refractivity contribution is 7.92. The van der Waals surface area contributed by atoms with Crippen LogP contribution in [-0.2, 0) is 10.0 Å². The summed E-state index contributed by atoms with van der Waals surface area (Å²) in [5.41, 5.74) is 5.80. The van der Waals surface area contributed by atoms with E-state index in [-0.39, 0.29) is 22.7 Å². The summed E-state index contributed by atoms with van der Waals surface area (Å²) in [4.78, 5) is 11.1. The first-order chi connectivity index (χ1) is 8.79. The molecule has 106 valence electrons. The second-order valence-corrected chi connectivity index (χ2v) is 6.34. The van der Waals surface area contributed by atoms with Crippen LogP contribution in [0.1, 0.15) is 30.1 Å². The predicted octanol–water partition coefficient (Wildman–Crippen LogP) is 1.53. The quantitative estimate of drug-likeness (QED) is 0.772. The first-order valence-electron chi connectivity index (χ1n) is 5.89. The van der Waals surface area contributed by atoms with Crippen molar-refractivity contribution in [2.75, 3.05) is 22.8 Å². The van der Waals surface area contributed by atoms with Gasteiger partial charge < -0.3 is 10.8 Å². The van der Waals surface area contributed by atoms with Gasteiger partial charge in [0.1, 0.15) is 0 Å². The van der Waals surface area contributed by atoms with Crippen molar-refractivity contribution in [2.45, 2.75) is 19.8 Å². The number of hydrogen-bond donors (Lipinski definition) is 2. The Labute approximate surface area is 112 Å². The largest absolute Gasteiger partial charge is 0.478 e. The molecule has 1 aromatic carbocycles. The van der Waals surface area contributed by atoms with Crippen LogP contribution in [0.15, 0.2) is 18.2 Å². The van der Waals surface area contributed by atoms with Crippen molar-refractivity contribution in [3.63, 3.8) is 0 Å². The van der Waals surface area contributed by atoms with Crippen molar-refractivity contribution < 1.29 is 18.3 Å². The van der Waals surface area contributed by atoms with Gasteiger partial charge in [0.2, 0.25) is 10.0 Å². The van der Waals surface area contributed by atoms with E-state index >= 15 is 0 Å². The van der Waals surface area contributed by atoms with E-state index in [4.69, 9.17) is 10.8 Å². The Bertz CT molecular complexity index is 569. The molecule has 7 heteroatoms. The van der Waals surface area contributed by atoms with Crippen molar-refractivity contribution in [1.29, 1.82) is 0 Å². The maximum Gasteiger partial charge on any atom is 0.337 e. The lowest BCUT2D eigenvalue weighted by atomic mass is 10.1. The highest BCUT2D eigenvalue weighted by atomic mass is 32.2. The molecule has 0 saturated heterocycles. The molecule has 0 radical (unpaired) electrons. The van der Waals surface area contributed by atoms with E-state index in [0.717, 1.165) is 10.7 Å². The minimum absolute atomic E-state index is 0.0105. The number of benzene rings is 1. The van der Waals surface area contributed by atoms with E-state index in [1.54, 1.807) is 0 Å². The third-order valence-corrected chi connectivity index (χ3v) is 4.60. The zero-order valence-corrected chi connectivity index (χ0v) is 11.8. The molecule has 0 fully saturated rings. The summed E-state index contributed by atoms with van der Waals surface area (Å²) in [6.45, 7) is 1.89. The minimum atomic E-state index is -3.52. The summed E-state index contributed by atoms with van der Waals surface area (Å²) in [7, 11) is -2.17. The van der Waals surface area contributed by atoms with E-state index in [1.807, 2.05) is 6.92 Å². The van der Waals surface area contributed by atoms with Gasteiger partial charge in [-0.25, -0.2) is 13.2 Å². The number of hydrogen-bond acceptors (Lipinski definition) is 4. The first-order valence-corrected chi connectivity index (χ1v) is 7.50. The molecule has 19 heavy (non-hydrogen) atoms. The standard InChI is InChI=1S/C12H18N2O4S/c1-3-4-7-19(17,18)14(2)11-6-5-9(13)8-10(11)12(15)16/h5-6,8H,3-4,7,13H2,1-2H3,(H,15,16). The van der Waals surface area contributed by atoms with Gasteiger partial charge in [0.05, 0.1) is 17.0 Å². The fourth-order valence-corrected chi connectivity index (χ4v) is 3.00. The fraction of sp³-hybridized carbons (Fsp3) is 0.417. The van der Waals surface area contributed by atoms with Gasteiger partial charge in [-0.3, -0.25) is 4.31 Å². The van der Waals surface area contributed by atoms with Crippen LogP contribution in [0.5, 0.6) is 0 Å². The second-order valence-electron chi connectivity index (χ2n) is 4.22. The predicted molar refractivity (Wildman–Crippen MR) is 74.9 cm³/mol. The molecule has 0 bridgehead atoms. The van der Waals surface area contributed by atoms with Crippen molar-refractivity contribution in [3.05, 3.63) is 23.8 Å². The number of nitrogens with two attached hydrogens (primary N) is 1. The number of nitrogen functional groups attached to an aromatic ring is 1. The average Bonchev–Trinajstić information content (AvgIpc) is 2.35. The summed E-state index contributed by atoms with van der Waals surface area (Å²) < 4.78 is 25.1. The maximum atomic E-state index is 12.1. The number of nitrogens with zero attached hydrogens (tertiary/aromatic N) is 1. The average molecular weight is 286 g/mol.